The van der Waals surface area contributed by atoms with E-state index in [1.165, 1.54) is 18.2 Å². The standard InChI is InChI=1S/C7H6F3N.C6H7NO3/c8-7(9,10)5-2-1-3-6(11)4-5;1-2-10-4-5(3-7)6(8)9/h1-4H,11H2;4H,2H2,1H3,(H,8,9). The third-order valence-electron chi connectivity index (χ3n) is 1.93. The summed E-state index contributed by atoms with van der Waals surface area (Å²) in [7, 11) is 0. The molecule has 0 aliphatic rings. The van der Waals surface area contributed by atoms with Gasteiger partial charge in [0.15, 0.2) is 5.57 Å². The van der Waals surface area contributed by atoms with Crippen LogP contribution in [0.2, 0.25) is 0 Å². The van der Waals surface area contributed by atoms with E-state index in [2.05, 4.69) is 4.74 Å². The monoisotopic (exact) mass is 302 g/mol. The van der Waals surface area contributed by atoms with E-state index in [0.29, 0.717) is 6.61 Å². The molecule has 8 heteroatoms. The molecule has 0 atom stereocenters. The highest BCUT2D eigenvalue weighted by molar-refractivity contribution is 5.90. The Balaban J connectivity index is 0.000000384. The van der Waals surface area contributed by atoms with Gasteiger partial charge in [-0.05, 0) is 25.1 Å². The van der Waals surface area contributed by atoms with Gasteiger partial charge in [0, 0.05) is 5.69 Å². The van der Waals surface area contributed by atoms with Crippen molar-refractivity contribution >= 4 is 11.7 Å². The number of alkyl halides is 3. The number of benzene rings is 1. The molecule has 0 saturated heterocycles. The van der Waals surface area contributed by atoms with Crippen molar-refractivity contribution in [3.8, 4) is 6.07 Å². The van der Waals surface area contributed by atoms with Crippen LogP contribution in [0.15, 0.2) is 36.1 Å². The molecule has 0 aliphatic carbocycles. The summed E-state index contributed by atoms with van der Waals surface area (Å²) in [6, 6.07) is 6.05. The van der Waals surface area contributed by atoms with Crippen LogP contribution < -0.4 is 5.73 Å². The first-order valence-corrected chi connectivity index (χ1v) is 5.60. The lowest BCUT2D eigenvalue weighted by Gasteiger charge is -2.05. The topological polar surface area (TPSA) is 96.3 Å². The minimum atomic E-state index is -4.30. The zero-order chi connectivity index (χ0) is 16.5. The molecule has 0 radical (unpaired) electrons. The Kier molecular flexibility index (Phi) is 7.39. The van der Waals surface area contributed by atoms with Crippen LogP contribution in [0.1, 0.15) is 12.5 Å². The molecule has 0 aliphatic heterocycles. The molecule has 5 nitrogen and oxygen atoms in total. The van der Waals surface area contributed by atoms with Gasteiger partial charge in [-0.15, -0.1) is 0 Å². The molecule has 1 aromatic carbocycles. The second-order valence-corrected chi connectivity index (χ2v) is 3.53. The molecule has 3 N–H and O–H groups in total. The van der Waals surface area contributed by atoms with Crippen LogP contribution in [0.4, 0.5) is 18.9 Å². The number of nitrogens with two attached hydrogens (primary N) is 1. The molecule has 0 saturated carbocycles. The van der Waals surface area contributed by atoms with Crippen molar-refractivity contribution in [1.82, 2.24) is 0 Å². The maximum Gasteiger partial charge on any atom is 0.416 e. The summed E-state index contributed by atoms with van der Waals surface area (Å²) in [5.74, 6) is -1.27. The van der Waals surface area contributed by atoms with Gasteiger partial charge in [0.2, 0.25) is 0 Å². The molecule has 0 spiro atoms. The van der Waals surface area contributed by atoms with Crippen LogP contribution >= 0.6 is 0 Å². The van der Waals surface area contributed by atoms with E-state index >= 15 is 0 Å². The van der Waals surface area contributed by atoms with E-state index in [9.17, 15) is 18.0 Å². The summed E-state index contributed by atoms with van der Waals surface area (Å²) in [5, 5.41) is 16.4. The summed E-state index contributed by atoms with van der Waals surface area (Å²) >= 11 is 0. The lowest BCUT2D eigenvalue weighted by Crippen LogP contribution is -2.04. The number of carbonyl (C=O) groups is 1. The summed E-state index contributed by atoms with van der Waals surface area (Å²) in [4.78, 5) is 10.1. The molecule has 0 bridgehead atoms. The number of anilines is 1. The predicted molar refractivity (Wildman–Crippen MR) is 68.8 cm³/mol. The van der Waals surface area contributed by atoms with Gasteiger partial charge in [-0.2, -0.15) is 18.4 Å². The number of ether oxygens (including phenoxy) is 1. The largest absolute Gasteiger partial charge is 0.500 e. The Hall–Kier alpha value is -2.69. The number of nitriles is 1. The van der Waals surface area contributed by atoms with E-state index < -0.39 is 17.7 Å². The van der Waals surface area contributed by atoms with Gasteiger partial charge in [0.05, 0.1) is 12.2 Å². The molecule has 114 valence electrons. The summed E-state index contributed by atoms with van der Waals surface area (Å²) in [6.07, 6.45) is -3.36. The molecule has 0 aromatic heterocycles. The first kappa shape index (κ1) is 18.3. The first-order chi connectivity index (χ1) is 9.72. The van der Waals surface area contributed by atoms with E-state index in [4.69, 9.17) is 16.1 Å². The van der Waals surface area contributed by atoms with Gasteiger partial charge < -0.3 is 15.6 Å². The van der Waals surface area contributed by atoms with Gasteiger partial charge in [0.1, 0.15) is 12.3 Å². The van der Waals surface area contributed by atoms with Gasteiger partial charge in [-0.1, -0.05) is 6.07 Å². The highest BCUT2D eigenvalue weighted by Crippen LogP contribution is 2.29. The van der Waals surface area contributed by atoms with Crippen molar-refractivity contribution in [2.24, 2.45) is 0 Å². The number of carboxylic acids is 1. The van der Waals surface area contributed by atoms with Crippen LogP contribution in [-0.4, -0.2) is 17.7 Å². The third kappa shape index (κ3) is 7.47. The zero-order valence-electron chi connectivity index (χ0n) is 11.0. The lowest BCUT2D eigenvalue weighted by atomic mass is 10.2. The summed E-state index contributed by atoms with van der Waals surface area (Å²) in [6.45, 7) is 2.06. The lowest BCUT2D eigenvalue weighted by molar-refractivity contribution is -0.137. The number of halogens is 3. The Morgan fingerprint density at radius 2 is 2.14 bits per heavy atom. The van der Waals surface area contributed by atoms with Crippen LogP contribution in [-0.2, 0) is 15.7 Å². The second-order valence-electron chi connectivity index (χ2n) is 3.53. The molecular formula is C13H13F3N2O3. The van der Waals surface area contributed by atoms with Crippen molar-refractivity contribution in [2.75, 3.05) is 12.3 Å². The van der Waals surface area contributed by atoms with E-state index in [0.717, 1.165) is 18.4 Å². The highest BCUT2D eigenvalue weighted by atomic mass is 19.4. The fraction of sp³-hybridized carbons (Fsp3) is 0.231. The second kappa shape index (κ2) is 8.47. The average molecular weight is 302 g/mol. The molecule has 0 amide bonds. The molecule has 1 rings (SSSR count). The minimum absolute atomic E-state index is 0.125. The van der Waals surface area contributed by atoms with E-state index in [1.54, 1.807) is 6.92 Å². The van der Waals surface area contributed by atoms with Crippen LogP contribution in [0.25, 0.3) is 0 Å². The smallest absolute Gasteiger partial charge is 0.416 e. The predicted octanol–water partition coefficient (Wildman–Crippen LogP) is 2.80. The highest BCUT2D eigenvalue weighted by Gasteiger charge is 2.30. The van der Waals surface area contributed by atoms with Gasteiger partial charge in [-0.25, -0.2) is 4.79 Å². The summed E-state index contributed by atoms with van der Waals surface area (Å²) in [5.41, 5.74) is 4.18. The Bertz CT molecular complexity index is 548. The number of nitrogen functional groups attached to an aromatic ring is 1. The number of aliphatic carboxylic acids is 1. The SMILES string of the molecule is CCOC=C(C#N)C(=O)O.Nc1cccc(C(F)(F)F)c1. The Labute approximate surface area is 119 Å². The normalized spacial score (nSPS) is 10.9. The maximum atomic E-state index is 11.9. The average Bonchev–Trinajstić information content (AvgIpc) is 2.39. The van der Waals surface area contributed by atoms with Crippen LogP contribution in [0.5, 0.6) is 0 Å². The summed E-state index contributed by atoms with van der Waals surface area (Å²) < 4.78 is 40.3. The molecule has 0 fully saturated rings. The number of hydrogen-bond donors (Lipinski definition) is 2. The zero-order valence-corrected chi connectivity index (χ0v) is 11.0. The molecule has 21 heavy (non-hydrogen) atoms. The molecule has 0 heterocycles. The van der Waals surface area contributed by atoms with Crippen LogP contribution in [0.3, 0.4) is 0 Å². The molecular weight excluding hydrogens is 289 g/mol. The Morgan fingerprint density at radius 3 is 2.48 bits per heavy atom. The van der Waals surface area contributed by atoms with Gasteiger partial charge in [0.25, 0.3) is 0 Å². The van der Waals surface area contributed by atoms with Crippen molar-refractivity contribution < 1.29 is 27.8 Å². The van der Waals surface area contributed by atoms with Crippen LogP contribution in [0, 0.1) is 11.3 Å². The number of nitrogens with zero attached hydrogens (tertiary/aromatic N) is 1. The molecule has 1 aromatic rings. The van der Waals surface area contributed by atoms with Crippen molar-refractivity contribution in [3.05, 3.63) is 41.7 Å². The number of carboxylic acid groups (broad SMARTS) is 1. The fourth-order valence-electron chi connectivity index (χ4n) is 1.01. The van der Waals surface area contributed by atoms with E-state index in [1.807, 2.05) is 0 Å². The third-order valence-corrected chi connectivity index (χ3v) is 1.93. The van der Waals surface area contributed by atoms with Gasteiger partial charge in [-0.3, -0.25) is 0 Å². The Morgan fingerprint density at radius 1 is 1.52 bits per heavy atom. The van der Waals surface area contributed by atoms with Crippen molar-refractivity contribution in [3.63, 3.8) is 0 Å². The fourth-order valence-corrected chi connectivity index (χ4v) is 1.01. The number of rotatable bonds is 3. The van der Waals surface area contributed by atoms with Crippen molar-refractivity contribution in [1.29, 1.82) is 5.26 Å². The van der Waals surface area contributed by atoms with E-state index in [-0.39, 0.29) is 11.3 Å². The molecule has 0 unspecified atom stereocenters. The maximum absolute atomic E-state index is 11.9. The quantitative estimate of drug-likeness (QED) is 0.387. The first-order valence-electron chi connectivity index (χ1n) is 5.60. The minimum Gasteiger partial charge on any atom is -0.500 e. The van der Waals surface area contributed by atoms with Gasteiger partial charge >= 0.3 is 12.1 Å². The number of hydrogen-bond acceptors (Lipinski definition) is 4. The van der Waals surface area contributed by atoms with Crippen molar-refractivity contribution in [2.45, 2.75) is 13.1 Å².